The molecule has 1 aromatic rings. The Labute approximate surface area is 145 Å². The molecule has 1 atom stereocenters. The molecule has 7 heteroatoms. The number of hydrogen-bond donors (Lipinski definition) is 4. The van der Waals surface area contributed by atoms with Crippen molar-refractivity contribution in [3.8, 4) is 0 Å². The van der Waals surface area contributed by atoms with Crippen LogP contribution in [0.5, 0.6) is 0 Å². The van der Waals surface area contributed by atoms with Crippen LogP contribution in [0.3, 0.4) is 0 Å². The standard InChI is InChI=1S/C18H21N5O2/c1-3-6-13-15(18(24)25-4-2)14(11-9-21-23-17(11)22-13)10-7-5-8-12(19)16(10)20/h5,7-9,14,19-20H,3-4,6H2,1-2H3,(H2,21,22,23). The van der Waals surface area contributed by atoms with Crippen molar-refractivity contribution < 1.29 is 9.53 Å². The third-order valence-corrected chi connectivity index (χ3v) is 4.27. The molecule has 0 saturated carbocycles. The van der Waals surface area contributed by atoms with Gasteiger partial charge in [0.1, 0.15) is 5.82 Å². The summed E-state index contributed by atoms with van der Waals surface area (Å²) in [6, 6.07) is 0. The summed E-state index contributed by atoms with van der Waals surface area (Å²) in [5.41, 5.74) is 2.89. The van der Waals surface area contributed by atoms with Gasteiger partial charge in [-0.1, -0.05) is 25.5 Å². The fourth-order valence-electron chi connectivity index (χ4n) is 3.19. The Morgan fingerprint density at radius 3 is 2.88 bits per heavy atom. The molecule has 0 amide bonds. The monoisotopic (exact) mass is 339 g/mol. The summed E-state index contributed by atoms with van der Waals surface area (Å²) in [4.78, 5) is 12.7. The number of ether oxygens (including phenoxy) is 1. The van der Waals surface area contributed by atoms with Crippen LogP contribution in [0, 0.1) is 10.8 Å². The van der Waals surface area contributed by atoms with Gasteiger partial charge in [-0.25, -0.2) is 4.79 Å². The first-order valence-corrected chi connectivity index (χ1v) is 8.35. The van der Waals surface area contributed by atoms with Gasteiger partial charge in [-0.05, 0) is 25.0 Å². The maximum atomic E-state index is 12.7. The number of hydrogen-bond acceptors (Lipinski definition) is 6. The van der Waals surface area contributed by atoms with Gasteiger partial charge < -0.3 is 10.1 Å². The van der Waals surface area contributed by atoms with E-state index in [2.05, 4.69) is 15.5 Å². The maximum Gasteiger partial charge on any atom is 0.336 e. The van der Waals surface area contributed by atoms with Crippen molar-refractivity contribution in [2.24, 2.45) is 0 Å². The summed E-state index contributed by atoms with van der Waals surface area (Å²) in [6.45, 7) is 4.08. The number of carbonyl (C=O) groups is 1. The Kier molecular flexibility index (Phi) is 4.65. The van der Waals surface area contributed by atoms with Crippen molar-refractivity contribution in [2.45, 2.75) is 32.6 Å². The van der Waals surface area contributed by atoms with Gasteiger partial charge in [-0.2, -0.15) is 5.10 Å². The molecule has 0 aromatic carbocycles. The lowest BCUT2D eigenvalue weighted by molar-refractivity contribution is -0.138. The fraction of sp³-hybridized carbons (Fsp3) is 0.333. The number of aromatic nitrogens is 2. The van der Waals surface area contributed by atoms with E-state index >= 15 is 0 Å². The molecule has 3 rings (SSSR count). The minimum atomic E-state index is -0.478. The highest BCUT2D eigenvalue weighted by atomic mass is 16.5. The lowest BCUT2D eigenvalue weighted by Gasteiger charge is -2.30. The number of nitrogens with zero attached hydrogens (tertiary/aromatic N) is 1. The van der Waals surface area contributed by atoms with Crippen LogP contribution in [0.15, 0.2) is 41.3 Å². The lowest BCUT2D eigenvalue weighted by Crippen LogP contribution is -2.29. The second-order valence-electron chi connectivity index (χ2n) is 5.89. The molecule has 2 heterocycles. The van der Waals surface area contributed by atoms with Crippen LogP contribution in [0.2, 0.25) is 0 Å². The number of allylic oxidation sites excluding steroid dienone is 5. The maximum absolute atomic E-state index is 12.7. The highest BCUT2D eigenvalue weighted by molar-refractivity contribution is 6.51. The zero-order valence-corrected chi connectivity index (χ0v) is 14.3. The van der Waals surface area contributed by atoms with Gasteiger partial charge >= 0.3 is 5.97 Å². The molecule has 4 N–H and O–H groups in total. The predicted molar refractivity (Wildman–Crippen MR) is 96.2 cm³/mol. The number of rotatable bonds is 5. The summed E-state index contributed by atoms with van der Waals surface area (Å²) in [5, 5.41) is 26.5. The highest BCUT2D eigenvalue weighted by Crippen LogP contribution is 2.43. The van der Waals surface area contributed by atoms with Crippen LogP contribution in [0.25, 0.3) is 0 Å². The van der Waals surface area contributed by atoms with Gasteiger partial charge in [0.15, 0.2) is 0 Å². The lowest BCUT2D eigenvalue weighted by atomic mass is 9.77. The van der Waals surface area contributed by atoms with Crippen molar-refractivity contribution in [3.05, 3.63) is 46.8 Å². The van der Waals surface area contributed by atoms with Crippen LogP contribution in [0.4, 0.5) is 5.82 Å². The minimum absolute atomic E-state index is 0.110. The largest absolute Gasteiger partial charge is 0.463 e. The van der Waals surface area contributed by atoms with Crippen LogP contribution in [0.1, 0.15) is 38.2 Å². The summed E-state index contributed by atoms with van der Waals surface area (Å²) in [6.07, 6.45) is 8.29. The molecule has 7 nitrogen and oxygen atoms in total. The fourth-order valence-corrected chi connectivity index (χ4v) is 3.19. The highest BCUT2D eigenvalue weighted by Gasteiger charge is 2.38. The number of aromatic amines is 1. The molecule has 25 heavy (non-hydrogen) atoms. The van der Waals surface area contributed by atoms with Crippen molar-refractivity contribution in [1.82, 2.24) is 10.2 Å². The minimum Gasteiger partial charge on any atom is -0.463 e. The average molecular weight is 339 g/mol. The van der Waals surface area contributed by atoms with Crippen LogP contribution < -0.4 is 5.32 Å². The second kappa shape index (κ2) is 6.88. The molecule has 1 aliphatic carbocycles. The van der Waals surface area contributed by atoms with Gasteiger partial charge in [-0.3, -0.25) is 15.9 Å². The van der Waals surface area contributed by atoms with Crippen molar-refractivity contribution >= 4 is 23.2 Å². The first-order chi connectivity index (χ1) is 12.1. The number of fused-ring (bicyclic) bond motifs is 1. The van der Waals surface area contributed by atoms with Gasteiger partial charge in [0.25, 0.3) is 0 Å². The molecule has 1 unspecified atom stereocenters. The molecular formula is C18H21N5O2. The molecule has 0 spiro atoms. The molecular weight excluding hydrogens is 318 g/mol. The van der Waals surface area contributed by atoms with Gasteiger partial charge in [0, 0.05) is 11.3 Å². The van der Waals surface area contributed by atoms with Crippen LogP contribution in [-0.2, 0) is 9.53 Å². The molecule has 0 saturated heterocycles. The Morgan fingerprint density at radius 1 is 1.36 bits per heavy atom. The quantitative estimate of drug-likeness (QED) is 0.487. The van der Waals surface area contributed by atoms with Crippen molar-refractivity contribution in [1.29, 1.82) is 10.8 Å². The number of esters is 1. The van der Waals surface area contributed by atoms with E-state index in [4.69, 9.17) is 15.6 Å². The predicted octanol–water partition coefficient (Wildman–Crippen LogP) is 3.07. The number of anilines is 1. The van der Waals surface area contributed by atoms with E-state index in [1.165, 1.54) is 0 Å². The topological polar surface area (TPSA) is 115 Å². The molecule has 1 aromatic heterocycles. The summed E-state index contributed by atoms with van der Waals surface area (Å²) in [5.74, 6) is -0.158. The first kappa shape index (κ1) is 16.9. The third kappa shape index (κ3) is 2.93. The van der Waals surface area contributed by atoms with Gasteiger partial charge in [0.05, 0.1) is 35.7 Å². The Morgan fingerprint density at radius 2 is 2.16 bits per heavy atom. The number of nitrogens with one attached hydrogen (secondary N) is 4. The molecule has 130 valence electrons. The number of H-pyrrole nitrogens is 1. The van der Waals surface area contributed by atoms with Gasteiger partial charge in [-0.15, -0.1) is 0 Å². The number of carbonyl (C=O) groups excluding carboxylic acids is 1. The zero-order valence-electron chi connectivity index (χ0n) is 14.3. The van der Waals surface area contributed by atoms with E-state index in [0.717, 1.165) is 23.5 Å². The Balaban J connectivity index is 2.18. The molecule has 0 bridgehead atoms. The Hall–Kier alpha value is -2.96. The molecule has 0 fully saturated rings. The molecule has 1 aliphatic heterocycles. The van der Waals surface area contributed by atoms with Crippen molar-refractivity contribution in [2.75, 3.05) is 11.9 Å². The van der Waals surface area contributed by atoms with E-state index in [1.807, 2.05) is 6.92 Å². The smallest absolute Gasteiger partial charge is 0.336 e. The summed E-state index contributed by atoms with van der Waals surface area (Å²) < 4.78 is 5.30. The molecule has 0 radical (unpaired) electrons. The van der Waals surface area contributed by atoms with E-state index in [9.17, 15) is 4.79 Å². The third-order valence-electron chi connectivity index (χ3n) is 4.27. The van der Waals surface area contributed by atoms with E-state index in [1.54, 1.807) is 31.3 Å². The van der Waals surface area contributed by atoms with Crippen LogP contribution >= 0.6 is 0 Å². The Bertz CT molecular complexity index is 828. The zero-order chi connectivity index (χ0) is 18.0. The average Bonchev–Trinajstić information content (AvgIpc) is 3.05. The first-order valence-electron chi connectivity index (χ1n) is 8.35. The van der Waals surface area contributed by atoms with E-state index < -0.39 is 11.9 Å². The van der Waals surface area contributed by atoms with E-state index in [-0.39, 0.29) is 18.0 Å². The summed E-state index contributed by atoms with van der Waals surface area (Å²) in [7, 11) is 0. The van der Waals surface area contributed by atoms with Gasteiger partial charge in [0.2, 0.25) is 0 Å². The van der Waals surface area contributed by atoms with Crippen molar-refractivity contribution in [3.63, 3.8) is 0 Å². The van der Waals surface area contributed by atoms with E-state index in [0.29, 0.717) is 17.6 Å². The SMILES string of the molecule is CCCC1=C(C(=O)OCC)C(C2=CC=CC(=N)C2=N)c2cn[nH]c2N1. The summed E-state index contributed by atoms with van der Waals surface area (Å²) >= 11 is 0. The second-order valence-corrected chi connectivity index (χ2v) is 5.89. The molecule has 2 aliphatic rings. The normalized spacial score (nSPS) is 19.4. The van der Waals surface area contributed by atoms with Crippen LogP contribution in [-0.4, -0.2) is 34.2 Å².